The molecule has 2 unspecified atom stereocenters. The number of hydrogen-bond acceptors (Lipinski definition) is 2. The molecule has 1 heterocycles. The van der Waals surface area contributed by atoms with Gasteiger partial charge in [0.2, 0.25) is 0 Å². The molecular weight excluding hydrogens is 160 g/mol. The lowest BCUT2D eigenvalue weighted by molar-refractivity contribution is 0.180. The summed E-state index contributed by atoms with van der Waals surface area (Å²) in [5.74, 6) is 0.771. The van der Waals surface area contributed by atoms with E-state index in [0.717, 1.165) is 18.5 Å². The van der Waals surface area contributed by atoms with Crippen molar-refractivity contribution in [2.45, 2.75) is 45.1 Å². The highest BCUT2D eigenvalue weighted by Gasteiger charge is 2.22. The molecule has 0 aromatic rings. The maximum absolute atomic E-state index is 5.60. The van der Waals surface area contributed by atoms with Gasteiger partial charge in [-0.1, -0.05) is 19.8 Å². The Bertz CT molecular complexity index is 136. The van der Waals surface area contributed by atoms with E-state index in [0.29, 0.717) is 0 Å². The topological polar surface area (TPSA) is 29.3 Å². The van der Waals surface area contributed by atoms with Gasteiger partial charge in [-0.2, -0.15) is 0 Å². The van der Waals surface area contributed by atoms with Crippen molar-refractivity contribution in [3.63, 3.8) is 0 Å². The average molecular weight is 184 g/mol. The first kappa shape index (κ1) is 11.0. The first-order chi connectivity index (χ1) is 6.25. The Labute approximate surface area is 82.5 Å². The molecule has 1 aliphatic heterocycles. The Balaban J connectivity index is 2.43. The van der Waals surface area contributed by atoms with E-state index >= 15 is 0 Å². The first-order valence-electron chi connectivity index (χ1n) is 5.66. The van der Waals surface area contributed by atoms with E-state index in [9.17, 15) is 0 Å². The predicted molar refractivity (Wildman–Crippen MR) is 57.7 cm³/mol. The minimum Gasteiger partial charge on any atom is -0.330 e. The SMILES string of the molecule is CC(CCN)C1CCCCCN1C. The van der Waals surface area contributed by atoms with Crippen LogP contribution >= 0.6 is 0 Å². The fourth-order valence-electron chi connectivity index (χ4n) is 2.45. The van der Waals surface area contributed by atoms with Gasteiger partial charge in [-0.05, 0) is 45.3 Å². The fraction of sp³-hybridized carbons (Fsp3) is 1.00. The molecule has 1 aliphatic rings. The van der Waals surface area contributed by atoms with Crippen molar-refractivity contribution in [3.05, 3.63) is 0 Å². The minimum absolute atomic E-state index is 0.771. The molecule has 0 aliphatic carbocycles. The van der Waals surface area contributed by atoms with Crippen LogP contribution < -0.4 is 5.73 Å². The van der Waals surface area contributed by atoms with Crippen LogP contribution in [-0.2, 0) is 0 Å². The van der Waals surface area contributed by atoms with Crippen molar-refractivity contribution in [1.29, 1.82) is 0 Å². The summed E-state index contributed by atoms with van der Waals surface area (Å²) in [4.78, 5) is 2.54. The minimum atomic E-state index is 0.771. The summed E-state index contributed by atoms with van der Waals surface area (Å²) in [6, 6.07) is 0.783. The van der Waals surface area contributed by atoms with Crippen LogP contribution in [0.5, 0.6) is 0 Å². The zero-order valence-corrected chi connectivity index (χ0v) is 9.13. The number of likely N-dealkylation sites (tertiary alicyclic amines) is 1. The molecule has 0 radical (unpaired) electrons. The van der Waals surface area contributed by atoms with E-state index in [1.807, 2.05) is 0 Å². The number of nitrogens with zero attached hydrogens (tertiary/aromatic N) is 1. The van der Waals surface area contributed by atoms with Gasteiger partial charge in [-0.15, -0.1) is 0 Å². The zero-order chi connectivity index (χ0) is 9.68. The molecule has 2 N–H and O–H groups in total. The van der Waals surface area contributed by atoms with E-state index in [2.05, 4.69) is 18.9 Å². The van der Waals surface area contributed by atoms with Gasteiger partial charge in [0.05, 0.1) is 0 Å². The monoisotopic (exact) mass is 184 g/mol. The largest absolute Gasteiger partial charge is 0.330 e. The van der Waals surface area contributed by atoms with Gasteiger partial charge >= 0.3 is 0 Å². The van der Waals surface area contributed by atoms with Gasteiger partial charge in [0.25, 0.3) is 0 Å². The van der Waals surface area contributed by atoms with Gasteiger partial charge in [0.15, 0.2) is 0 Å². The third kappa shape index (κ3) is 3.28. The summed E-state index contributed by atoms with van der Waals surface area (Å²) in [6.07, 6.45) is 6.75. The number of rotatable bonds is 3. The lowest BCUT2D eigenvalue weighted by Crippen LogP contribution is -2.37. The summed E-state index contributed by atoms with van der Waals surface area (Å²) in [5.41, 5.74) is 5.60. The average Bonchev–Trinajstić information content (AvgIpc) is 2.30. The third-order valence-corrected chi connectivity index (χ3v) is 3.36. The van der Waals surface area contributed by atoms with Crippen LogP contribution in [0.2, 0.25) is 0 Å². The molecule has 78 valence electrons. The van der Waals surface area contributed by atoms with Gasteiger partial charge in [0.1, 0.15) is 0 Å². The molecule has 1 fully saturated rings. The van der Waals surface area contributed by atoms with E-state index in [1.165, 1.54) is 38.6 Å². The van der Waals surface area contributed by atoms with E-state index in [1.54, 1.807) is 0 Å². The van der Waals surface area contributed by atoms with Crippen LogP contribution in [0.25, 0.3) is 0 Å². The highest BCUT2D eigenvalue weighted by Crippen LogP contribution is 2.22. The van der Waals surface area contributed by atoms with Gasteiger partial charge in [0, 0.05) is 6.04 Å². The zero-order valence-electron chi connectivity index (χ0n) is 9.13. The van der Waals surface area contributed by atoms with Crippen LogP contribution in [0, 0.1) is 5.92 Å². The Morgan fingerprint density at radius 3 is 2.85 bits per heavy atom. The first-order valence-corrected chi connectivity index (χ1v) is 5.66. The standard InChI is InChI=1S/C11H24N2/c1-10(7-8-12)11-6-4-3-5-9-13(11)2/h10-11H,3-9,12H2,1-2H3. The smallest absolute Gasteiger partial charge is 0.0118 e. The normalized spacial score (nSPS) is 28.4. The van der Waals surface area contributed by atoms with Gasteiger partial charge in [-0.25, -0.2) is 0 Å². The third-order valence-electron chi connectivity index (χ3n) is 3.36. The molecule has 13 heavy (non-hydrogen) atoms. The van der Waals surface area contributed by atoms with Crippen LogP contribution in [0.3, 0.4) is 0 Å². The molecule has 0 aromatic heterocycles. The second-order valence-electron chi connectivity index (χ2n) is 4.45. The maximum atomic E-state index is 5.60. The highest BCUT2D eigenvalue weighted by atomic mass is 15.1. The van der Waals surface area contributed by atoms with Crippen molar-refractivity contribution >= 4 is 0 Å². The lowest BCUT2D eigenvalue weighted by atomic mass is 9.94. The number of nitrogens with two attached hydrogens (primary N) is 1. The van der Waals surface area contributed by atoms with Crippen LogP contribution in [0.15, 0.2) is 0 Å². The Hall–Kier alpha value is -0.0800. The Morgan fingerprint density at radius 1 is 1.38 bits per heavy atom. The molecule has 2 atom stereocenters. The van der Waals surface area contributed by atoms with Crippen molar-refractivity contribution in [2.75, 3.05) is 20.1 Å². The molecule has 2 nitrogen and oxygen atoms in total. The summed E-state index contributed by atoms with van der Waals surface area (Å²) in [5, 5.41) is 0. The van der Waals surface area contributed by atoms with Crippen molar-refractivity contribution in [1.82, 2.24) is 4.90 Å². The van der Waals surface area contributed by atoms with E-state index in [4.69, 9.17) is 5.73 Å². The molecule has 1 saturated heterocycles. The molecular formula is C11H24N2. The maximum Gasteiger partial charge on any atom is 0.0118 e. The summed E-state index contributed by atoms with van der Waals surface area (Å²) < 4.78 is 0. The second-order valence-corrected chi connectivity index (χ2v) is 4.45. The Kier molecular flexibility index (Phi) is 4.74. The lowest BCUT2D eigenvalue weighted by Gasteiger charge is -2.31. The molecule has 0 amide bonds. The second kappa shape index (κ2) is 5.61. The molecule has 0 bridgehead atoms. The van der Waals surface area contributed by atoms with Gasteiger partial charge in [-0.3, -0.25) is 0 Å². The van der Waals surface area contributed by atoms with Crippen LogP contribution in [-0.4, -0.2) is 31.1 Å². The molecule has 0 saturated carbocycles. The fourth-order valence-corrected chi connectivity index (χ4v) is 2.45. The molecule has 1 rings (SSSR count). The summed E-state index contributed by atoms with van der Waals surface area (Å²) >= 11 is 0. The molecule has 2 heteroatoms. The quantitative estimate of drug-likeness (QED) is 0.725. The van der Waals surface area contributed by atoms with Gasteiger partial charge < -0.3 is 10.6 Å². The summed E-state index contributed by atoms with van der Waals surface area (Å²) in [6.45, 7) is 4.46. The van der Waals surface area contributed by atoms with Crippen molar-refractivity contribution in [2.24, 2.45) is 11.7 Å². The van der Waals surface area contributed by atoms with Crippen LogP contribution in [0.4, 0.5) is 0 Å². The summed E-state index contributed by atoms with van der Waals surface area (Å²) in [7, 11) is 2.27. The Morgan fingerprint density at radius 2 is 2.15 bits per heavy atom. The van der Waals surface area contributed by atoms with E-state index < -0.39 is 0 Å². The van der Waals surface area contributed by atoms with Crippen LogP contribution in [0.1, 0.15) is 39.0 Å². The predicted octanol–water partition coefficient (Wildman–Crippen LogP) is 1.85. The highest BCUT2D eigenvalue weighted by molar-refractivity contribution is 4.77. The molecule has 0 aromatic carbocycles. The van der Waals surface area contributed by atoms with E-state index in [-0.39, 0.29) is 0 Å². The van der Waals surface area contributed by atoms with Crippen molar-refractivity contribution < 1.29 is 0 Å². The molecule has 0 spiro atoms. The number of hydrogen-bond donors (Lipinski definition) is 1. The van der Waals surface area contributed by atoms with Crippen molar-refractivity contribution in [3.8, 4) is 0 Å².